The molecule has 6 nitrogen and oxygen atoms in total. The van der Waals surface area contributed by atoms with Crippen molar-refractivity contribution < 1.29 is 14.1 Å². The quantitative estimate of drug-likeness (QED) is 0.691. The van der Waals surface area contributed by atoms with Crippen molar-refractivity contribution in [2.24, 2.45) is 0 Å². The van der Waals surface area contributed by atoms with Crippen molar-refractivity contribution in [1.82, 2.24) is 0 Å². The molecule has 3 rings (SSSR count). The van der Waals surface area contributed by atoms with Crippen molar-refractivity contribution >= 4 is 11.4 Å². The van der Waals surface area contributed by atoms with Crippen LogP contribution in [0.15, 0.2) is 36.4 Å². The number of fused-ring (bicyclic) bond motifs is 1. The predicted molar refractivity (Wildman–Crippen MR) is 80.7 cm³/mol. The van der Waals surface area contributed by atoms with Crippen molar-refractivity contribution in [2.75, 3.05) is 11.9 Å². The van der Waals surface area contributed by atoms with Crippen LogP contribution in [-0.2, 0) is 0 Å². The van der Waals surface area contributed by atoms with Gasteiger partial charge in [0.2, 0.25) is 0 Å². The van der Waals surface area contributed by atoms with Gasteiger partial charge in [-0.05, 0) is 18.2 Å². The third-order valence-electron chi connectivity index (χ3n) is 3.68. The van der Waals surface area contributed by atoms with Crippen LogP contribution < -0.4 is 10.1 Å². The molecule has 0 aliphatic carbocycles. The maximum atomic E-state index is 13.8. The van der Waals surface area contributed by atoms with E-state index in [1.807, 2.05) is 6.07 Å². The molecule has 0 saturated carbocycles. The number of nitrogens with zero attached hydrogens (tertiary/aromatic N) is 2. The second-order valence-electron chi connectivity index (χ2n) is 5.09. The van der Waals surface area contributed by atoms with Crippen LogP contribution in [0.2, 0.25) is 0 Å². The van der Waals surface area contributed by atoms with Crippen LogP contribution in [0.5, 0.6) is 5.75 Å². The van der Waals surface area contributed by atoms with Gasteiger partial charge in [0, 0.05) is 23.7 Å². The van der Waals surface area contributed by atoms with Crippen LogP contribution in [0.3, 0.4) is 0 Å². The molecule has 7 heteroatoms. The van der Waals surface area contributed by atoms with Gasteiger partial charge in [-0.15, -0.1) is 0 Å². The first-order valence-electron chi connectivity index (χ1n) is 6.96. The summed E-state index contributed by atoms with van der Waals surface area (Å²) in [5.41, 5.74) is 0.991. The summed E-state index contributed by atoms with van der Waals surface area (Å²) in [5.74, 6) is -0.200. The van der Waals surface area contributed by atoms with Crippen LogP contribution in [0.4, 0.5) is 15.8 Å². The van der Waals surface area contributed by atoms with Crippen molar-refractivity contribution in [2.45, 2.75) is 12.5 Å². The molecule has 0 saturated heterocycles. The lowest BCUT2D eigenvalue weighted by molar-refractivity contribution is -0.385. The lowest BCUT2D eigenvalue weighted by atomic mass is 9.99. The zero-order valence-corrected chi connectivity index (χ0v) is 12.0. The Morgan fingerprint density at radius 1 is 1.39 bits per heavy atom. The number of nitro benzene ring substituents is 1. The molecule has 0 fully saturated rings. The maximum absolute atomic E-state index is 13.8. The van der Waals surface area contributed by atoms with Gasteiger partial charge in [-0.3, -0.25) is 10.1 Å². The van der Waals surface area contributed by atoms with Gasteiger partial charge in [-0.2, -0.15) is 5.26 Å². The minimum Gasteiger partial charge on any atom is -0.490 e. The highest BCUT2D eigenvalue weighted by Gasteiger charge is 2.24. The molecular formula is C16H12FN3O3. The zero-order valence-electron chi connectivity index (χ0n) is 12.0. The number of benzene rings is 2. The minimum atomic E-state index is -0.596. The van der Waals surface area contributed by atoms with Gasteiger partial charge in [0.1, 0.15) is 11.6 Å². The second kappa shape index (κ2) is 5.93. The first-order chi connectivity index (χ1) is 11.1. The molecule has 0 aromatic heterocycles. The molecule has 1 aliphatic heterocycles. The number of rotatable bonds is 3. The van der Waals surface area contributed by atoms with E-state index >= 15 is 0 Å². The predicted octanol–water partition coefficient (Wildman–Crippen LogP) is 3.54. The van der Waals surface area contributed by atoms with Gasteiger partial charge in [-0.25, -0.2) is 4.39 Å². The molecule has 1 aliphatic rings. The van der Waals surface area contributed by atoms with Gasteiger partial charge in [0.05, 0.1) is 17.6 Å². The summed E-state index contributed by atoms with van der Waals surface area (Å²) in [6.45, 7) is 0.365. The first-order valence-corrected chi connectivity index (χ1v) is 6.96. The summed E-state index contributed by atoms with van der Waals surface area (Å²) in [7, 11) is 0. The fraction of sp³-hybridized carbons (Fsp3) is 0.188. The maximum Gasteiger partial charge on any atom is 0.287 e. The lowest BCUT2D eigenvalue weighted by Crippen LogP contribution is -2.21. The molecule has 1 atom stereocenters. The standard InChI is InChI=1S/C16H12FN3O3/c17-13-3-1-2-12-14(6-7-23-16(12)13)19-11-4-5-15(20(21)22)10(8-11)9-18/h1-5,8,14,19H,6-7H2/t14-/m0/s1. The molecule has 0 unspecified atom stereocenters. The molecule has 1 heterocycles. The number of hydrogen-bond acceptors (Lipinski definition) is 5. The Bertz CT molecular complexity index is 817. The van der Waals surface area contributed by atoms with Gasteiger partial charge in [0.15, 0.2) is 11.6 Å². The van der Waals surface area contributed by atoms with E-state index in [0.717, 1.165) is 0 Å². The number of halogens is 1. The minimum absolute atomic E-state index is 0.0217. The molecule has 0 spiro atoms. The largest absolute Gasteiger partial charge is 0.490 e. The van der Waals surface area contributed by atoms with Crippen LogP contribution in [0, 0.1) is 27.3 Å². The average molecular weight is 313 g/mol. The number of hydrogen-bond donors (Lipinski definition) is 1. The van der Waals surface area contributed by atoms with Crippen molar-refractivity contribution in [3.8, 4) is 11.8 Å². The molecular weight excluding hydrogens is 301 g/mol. The summed E-state index contributed by atoms with van der Waals surface area (Å²) in [4.78, 5) is 10.3. The van der Waals surface area contributed by atoms with Crippen molar-refractivity contribution in [3.63, 3.8) is 0 Å². The van der Waals surface area contributed by atoms with E-state index in [-0.39, 0.29) is 23.0 Å². The number of nitro groups is 1. The molecule has 1 N–H and O–H groups in total. The molecule has 0 bridgehead atoms. The number of para-hydroxylation sites is 1. The molecule has 116 valence electrons. The van der Waals surface area contributed by atoms with Crippen LogP contribution >= 0.6 is 0 Å². The van der Waals surface area contributed by atoms with E-state index in [4.69, 9.17) is 10.00 Å². The SMILES string of the molecule is N#Cc1cc(N[C@H]2CCOc3c(F)cccc32)ccc1[N+](=O)[O-]. The molecule has 2 aromatic rings. The highest BCUT2D eigenvalue weighted by molar-refractivity contribution is 5.59. The van der Waals surface area contributed by atoms with E-state index in [9.17, 15) is 14.5 Å². The Balaban J connectivity index is 1.91. The van der Waals surface area contributed by atoms with Crippen LogP contribution in [-0.4, -0.2) is 11.5 Å². The fourth-order valence-corrected chi connectivity index (χ4v) is 2.61. The summed E-state index contributed by atoms with van der Waals surface area (Å²) in [6, 6.07) is 10.6. The summed E-state index contributed by atoms with van der Waals surface area (Å²) in [6.07, 6.45) is 0.620. The Hall–Kier alpha value is -3.14. The Kier molecular flexibility index (Phi) is 3.81. The Morgan fingerprint density at radius 2 is 2.22 bits per heavy atom. The Labute approximate surface area is 131 Å². The number of ether oxygens (including phenoxy) is 1. The zero-order chi connectivity index (χ0) is 16.4. The number of anilines is 1. The average Bonchev–Trinajstić information content (AvgIpc) is 2.55. The van der Waals surface area contributed by atoms with Crippen LogP contribution in [0.25, 0.3) is 0 Å². The normalized spacial score (nSPS) is 15.9. The summed E-state index contributed by atoms with van der Waals surface area (Å²) >= 11 is 0. The summed E-state index contributed by atoms with van der Waals surface area (Å²) in [5, 5.41) is 23.1. The number of nitrogens with one attached hydrogen (secondary N) is 1. The third kappa shape index (κ3) is 2.79. The van der Waals surface area contributed by atoms with Crippen molar-refractivity contribution in [3.05, 3.63) is 63.5 Å². The van der Waals surface area contributed by atoms with Gasteiger partial charge in [-0.1, -0.05) is 12.1 Å². The monoisotopic (exact) mass is 313 g/mol. The molecule has 0 radical (unpaired) electrons. The third-order valence-corrected chi connectivity index (χ3v) is 3.68. The summed E-state index contributed by atoms with van der Waals surface area (Å²) < 4.78 is 19.1. The topological polar surface area (TPSA) is 88.2 Å². The van der Waals surface area contributed by atoms with E-state index in [1.165, 1.54) is 24.3 Å². The smallest absolute Gasteiger partial charge is 0.287 e. The van der Waals surface area contributed by atoms with Crippen LogP contribution in [0.1, 0.15) is 23.6 Å². The second-order valence-corrected chi connectivity index (χ2v) is 5.09. The molecule has 23 heavy (non-hydrogen) atoms. The van der Waals surface area contributed by atoms with E-state index in [0.29, 0.717) is 24.3 Å². The Morgan fingerprint density at radius 3 is 2.96 bits per heavy atom. The molecule has 0 amide bonds. The van der Waals surface area contributed by atoms with E-state index in [1.54, 1.807) is 12.1 Å². The number of nitriles is 1. The van der Waals surface area contributed by atoms with E-state index < -0.39 is 10.7 Å². The van der Waals surface area contributed by atoms with Gasteiger partial charge in [0.25, 0.3) is 5.69 Å². The highest BCUT2D eigenvalue weighted by Crippen LogP contribution is 2.36. The highest BCUT2D eigenvalue weighted by atomic mass is 19.1. The van der Waals surface area contributed by atoms with Gasteiger partial charge < -0.3 is 10.1 Å². The van der Waals surface area contributed by atoms with Crippen molar-refractivity contribution in [1.29, 1.82) is 5.26 Å². The molecule has 2 aromatic carbocycles. The first kappa shape index (κ1) is 14.8. The fourth-order valence-electron chi connectivity index (χ4n) is 2.61. The van der Waals surface area contributed by atoms with Gasteiger partial charge >= 0.3 is 0 Å². The lowest BCUT2D eigenvalue weighted by Gasteiger charge is -2.27. The van der Waals surface area contributed by atoms with E-state index in [2.05, 4.69) is 5.32 Å².